The van der Waals surface area contributed by atoms with Crippen LogP contribution in [0.5, 0.6) is 0 Å². The predicted molar refractivity (Wildman–Crippen MR) is 46.0 cm³/mol. The third kappa shape index (κ3) is 2.18. The van der Waals surface area contributed by atoms with Crippen molar-refractivity contribution in [3.8, 4) is 0 Å². The van der Waals surface area contributed by atoms with Gasteiger partial charge in [-0.1, -0.05) is 5.16 Å². The Morgan fingerprint density at radius 3 is 3.00 bits per heavy atom. The van der Waals surface area contributed by atoms with Crippen molar-refractivity contribution in [2.75, 3.05) is 12.3 Å². The fourth-order valence-electron chi connectivity index (χ4n) is 1.52. The van der Waals surface area contributed by atoms with Crippen LogP contribution in [-0.2, 0) is 11.2 Å². The van der Waals surface area contributed by atoms with Gasteiger partial charge in [0.05, 0.1) is 6.10 Å². The third-order valence-corrected chi connectivity index (χ3v) is 2.17. The number of hydrogen-bond donors (Lipinski definition) is 1. The molecular weight excluding hydrogens is 170 g/mol. The topological polar surface area (TPSA) is 74.2 Å². The zero-order valence-electron chi connectivity index (χ0n) is 7.40. The number of ether oxygens (including phenoxy) is 1. The molecule has 0 aromatic carbocycles. The summed E-state index contributed by atoms with van der Waals surface area (Å²) < 4.78 is 10.2. The van der Waals surface area contributed by atoms with E-state index in [2.05, 4.69) is 14.7 Å². The van der Waals surface area contributed by atoms with Crippen LogP contribution in [-0.4, -0.2) is 22.9 Å². The summed E-state index contributed by atoms with van der Waals surface area (Å²) in [5.74, 6) is 0.643. The van der Waals surface area contributed by atoms with Crippen LogP contribution in [0.4, 0.5) is 6.01 Å². The lowest BCUT2D eigenvalue weighted by molar-refractivity contribution is 0.0153. The molecule has 0 spiro atoms. The van der Waals surface area contributed by atoms with Crippen molar-refractivity contribution in [1.82, 2.24) is 10.1 Å². The molecule has 0 saturated carbocycles. The van der Waals surface area contributed by atoms with E-state index in [1.165, 1.54) is 6.42 Å². The minimum Gasteiger partial charge on any atom is -0.378 e. The first-order chi connectivity index (χ1) is 6.34. The van der Waals surface area contributed by atoms with Crippen LogP contribution < -0.4 is 5.73 Å². The van der Waals surface area contributed by atoms with E-state index >= 15 is 0 Å². The number of rotatable bonds is 2. The average molecular weight is 183 g/mol. The van der Waals surface area contributed by atoms with Gasteiger partial charge in [0.15, 0.2) is 5.82 Å². The maximum atomic E-state index is 5.53. The van der Waals surface area contributed by atoms with E-state index in [1.54, 1.807) is 0 Å². The number of nitrogen functional groups attached to an aromatic ring is 1. The predicted octanol–water partition coefficient (Wildman–Crippen LogP) is 0.763. The highest BCUT2D eigenvalue weighted by molar-refractivity contribution is 5.07. The molecule has 1 unspecified atom stereocenters. The Kier molecular flexibility index (Phi) is 2.44. The van der Waals surface area contributed by atoms with E-state index in [1.807, 2.05) is 0 Å². The Morgan fingerprint density at radius 2 is 2.38 bits per heavy atom. The fraction of sp³-hybridized carbons (Fsp3) is 0.750. The molecule has 2 rings (SSSR count). The van der Waals surface area contributed by atoms with Gasteiger partial charge in [-0.3, -0.25) is 0 Å². The average Bonchev–Trinajstić information content (AvgIpc) is 2.53. The van der Waals surface area contributed by atoms with Crippen LogP contribution in [0, 0.1) is 0 Å². The van der Waals surface area contributed by atoms with Crippen LogP contribution >= 0.6 is 0 Å². The maximum absolute atomic E-state index is 5.53. The lowest BCUT2D eigenvalue weighted by atomic mass is 10.1. The van der Waals surface area contributed by atoms with Crippen LogP contribution in [0.15, 0.2) is 4.52 Å². The molecule has 1 atom stereocenters. The maximum Gasteiger partial charge on any atom is 0.318 e. The van der Waals surface area contributed by atoms with Crippen LogP contribution in [0.3, 0.4) is 0 Å². The Bertz CT molecular complexity index is 268. The second-order valence-electron chi connectivity index (χ2n) is 3.24. The molecule has 0 radical (unpaired) electrons. The first-order valence-corrected chi connectivity index (χ1v) is 4.54. The van der Waals surface area contributed by atoms with Gasteiger partial charge in [0.2, 0.25) is 0 Å². The van der Waals surface area contributed by atoms with Crippen LogP contribution in [0.2, 0.25) is 0 Å². The molecule has 5 heteroatoms. The minimum absolute atomic E-state index is 0.130. The summed E-state index contributed by atoms with van der Waals surface area (Å²) >= 11 is 0. The summed E-state index contributed by atoms with van der Waals surface area (Å²) in [6, 6.07) is 0.130. The van der Waals surface area contributed by atoms with Crippen molar-refractivity contribution in [3.63, 3.8) is 0 Å². The molecule has 2 heterocycles. The van der Waals surface area contributed by atoms with E-state index in [0.717, 1.165) is 19.4 Å². The highest BCUT2D eigenvalue weighted by atomic mass is 16.5. The Morgan fingerprint density at radius 1 is 1.46 bits per heavy atom. The van der Waals surface area contributed by atoms with Gasteiger partial charge in [-0.05, 0) is 19.3 Å². The molecule has 1 fully saturated rings. The smallest absolute Gasteiger partial charge is 0.318 e. The molecule has 0 amide bonds. The van der Waals surface area contributed by atoms with Gasteiger partial charge in [-0.2, -0.15) is 4.98 Å². The summed E-state index contributed by atoms with van der Waals surface area (Å²) in [5.41, 5.74) is 5.30. The molecule has 72 valence electrons. The first-order valence-electron chi connectivity index (χ1n) is 4.54. The third-order valence-electron chi connectivity index (χ3n) is 2.17. The molecule has 0 aliphatic carbocycles. The molecule has 5 nitrogen and oxygen atoms in total. The van der Waals surface area contributed by atoms with Crippen LogP contribution in [0.1, 0.15) is 25.1 Å². The monoisotopic (exact) mass is 183 g/mol. The summed E-state index contributed by atoms with van der Waals surface area (Å²) in [6.45, 7) is 0.845. The zero-order chi connectivity index (χ0) is 9.10. The van der Waals surface area contributed by atoms with Crippen molar-refractivity contribution in [2.45, 2.75) is 31.8 Å². The number of nitrogens with two attached hydrogens (primary N) is 1. The number of anilines is 1. The highest BCUT2D eigenvalue weighted by Gasteiger charge is 2.16. The molecular formula is C8H13N3O2. The number of aromatic nitrogens is 2. The fourth-order valence-corrected chi connectivity index (χ4v) is 1.52. The Labute approximate surface area is 76.3 Å². The minimum atomic E-state index is 0.130. The highest BCUT2D eigenvalue weighted by Crippen LogP contribution is 2.15. The Balaban J connectivity index is 1.89. The lowest BCUT2D eigenvalue weighted by Crippen LogP contribution is -2.21. The molecule has 0 bridgehead atoms. The van der Waals surface area contributed by atoms with Gasteiger partial charge in [0, 0.05) is 13.0 Å². The van der Waals surface area contributed by atoms with Crippen LogP contribution in [0.25, 0.3) is 0 Å². The molecule has 13 heavy (non-hydrogen) atoms. The van der Waals surface area contributed by atoms with E-state index < -0.39 is 0 Å². The summed E-state index contributed by atoms with van der Waals surface area (Å²) in [4.78, 5) is 3.92. The molecule has 1 aliphatic heterocycles. The summed E-state index contributed by atoms with van der Waals surface area (Å²) in [6.07, 6.45) is 4.41. The number of hydrogen-bond acceptors (Lipinski definition) is 5. The van der Waals surface area contributed by atoms with Crippen molar-refractivity contribution >= 4 is 6.01 Å². The molecule has 1 aromatic heterocycles. The summed E-state index contributed by atoms with van der Waals surface area (Å²) in [7, 11) is 0. The van der Waals surface area contributed by atoms with Gasteiger partial charge >= 0.3 is 6.01 Å². The van der Waals surface area contributed by atoms with E-state index in [9.17, 15) is 0 Å². The van der Waals surface area contributed by atoms with E-state index in [-0.39, 0.29) is 12.1 Å². The van der Waals surface area contributed by atoms with Gasteiger partial charge in [-0.15, -0.1) is 0 Å². The van der Waals surface area contributed by atoms with Gasteiger partial charge in [0.25, 0.3) is 0 Å². The normalized spacial score (nSPS) is 23.2. The zero-order valence-corrected chi connectivity index (χ0v) is 7.40. The first kappa shape index (κ1) is 8.50. The van der Waals surface area contributed by atoms with Gasteiger partial charge in [0.1, 0.15) is 0 Å². The molecule has 1 saturated heterocycles. The SMILES string of the molecule is Nc1nc(CC2CCCCO2)no1. The van der Waals surface area contributed by atoms with Crippen molar-refractivity contribution in [3.05, 3.63) is 5.82 Å². The summed E-state index contributed by atoms with van der Waals surface area (Å²) in [5, 5.41) is 3.72. The second-order valence-corrected chi connectivity index (χ2v) is 3.24. The Hall–Kier alpha value is -1.10. The van der Waals surface area contributed by atoms with Crippen molar-refractivity contribution in [2.24, 2.45) is 0 Å². The number of nitrogens with zero attached hydrogens (tertiary/aromatic N) is 2. The van der Waals surface area contributed by atoms with E-state index in [0.29, 0.717) is 12.2 Å². The standard InChI is InChI=1S/C8H13N3O2/c9-8-10-7(11-13-8)5-6-3-1-2-4-12-6/h6H,1-5H2,(H2,9,10,11). The largest absolute Gasteiger partial charge is 0.378 e. The van der Waals surface area contributed by atoms with Gasteiger partial charge < -0.3 is 15.0 Å². The quantitative estimate of drug-likeness (QED) is 0.732. The van der Waals surface area contributed by atoms with Gasteiger partial charge in [-0.25, -0.2) is 0 Å². The van der Waals surface area contributed by atoms with Crippen molar-refractivity contribution < 1.29 is 9.26 Å². The second kappa shape index (κ2) is 3.74. The van der Waals surface area contributed by atoms with E-state index in [4.69, 9.17) is 10.5 Å². The lowest BCUT2D eigenvalue weighted by Gasteiger charge is -2.20. The molecule has 1 aliphatic rings. The van der Waals surface area contributed by atoms with Crippen molar-refractivity contribution in [1.29, 1.82) is 0 Å². The molecule has 2 N–H and O–H groups in total. The molecule has 1 aromatic rings.